The van der Waals surface area contributed by atoms with Gasteiger partial charge in [-0.05, 0) is 43.2 Å². The van der Waals surface area contributed by atoms with E-state index < -0.39 is 15.9 Å². The van der Waals surface area contributed by atoms with Gasteiger partial charge in [0.1, 0.15) is 0 Å². The number of halogens is 1. The van der Waals surface area contributed by atoms with Gasteiger partial charge in [-0.25, -0.2) is 13.1 Å². The van der Waals surface area contributed by atoms with Crippen LogP contribution in [-0.4, -0.2) is 14.3 Å². The zero-order chi connectivity index (χ0) is 19.6. The number of sulfonamides is 1. The Bertz CT molecular complexity index is 1090. The van der Waals surface area contributed by atoms with Crippen LogP contribution in [0.4, 0.5) is 0 Å². The molecule has 0 heterocycles. The van der Waals surface area contributed by atoms with Crippen molar-refractivity contribution in [1.82, 2.24) is 4.72 Å². The van der Waals surface area contributed by atoms with Crippen LogP contribution in [0, 0.1) is 13.8 Å². The van der Waals surface area contributed by atoms with Crippen molar-refractivity contribution in [2.24, 2.45) is 0 Å². The van der Waals surface area contributed by atoms with Crippen molar-refractivity contribution in [3.63, 3.8) is 0 Å². The van der Waals surface area contributed by atoms with Crippen molar-refractivity contribution >= 4 is 27.5 Å². The highest BCUT2D eigenvalue weighted by molar-refractivity contribution is 7.90. The average Bonchev–Trinajstić information content (AvgIpc) is 2.62. The average molecular weight is 400 g/mol. The van der Waals surface area contributed by atoms with Gasteiger partial charge in [-0.1, -0.05) is 71.3 Å². The molecule has 138 valence electrons. The largest absolute Gasteiger partial charge is 0.268 e. The number of nitrogens with one attached hydrogen (secondary N) is 1. The Morgan fingerprint density at radius 1 is 0.852 bits per heavy atom. The van der Waals surface area contributed by atoms with Crippen molar-refractivity contribution in [2.45, 2.75) is 18.7 Å². The lowest BCUT2D eigenvalue weighted by molar-refractivity contribution is 0.0982. The first-order valence-corrected chi connectivity index (χ1v) is 10.1. The number of amides is 1. The number of carbonyl (C=O) groups excluding carboxylic acids is 1. The zero-order valence-electron chi connectivity index (χ0n) is 14.9. The maximum absolute atomic E-state index is 12.8. The van der Waals surface area contributed by atoms with Crippen LogP contribution in [-0.2, 0) is 10.0 Å². The molecule has 0 bridgehead atoms. The van der Waals surface area contributed by atoms with Gasteiger partial charge in [-0.15, -0.1) is 0 Å². The third-order valence-corrected chi connectivity index (χ3v) is 5.82. The minimum absolute atomic E-state index is 0.0189. The van der Waals surface area contributed by atoms with Crippen LogP contribution >= 0.6 is 11.6 Å². The van der Waals surface area contributed by atoms with E-state index >= 15 is 0 Å². The number of carbonyl (C=O) groups is 1. The normalized spacial score (nSPS) is 11.2. The number of hydrogen-bond acceptors (Lipinski definition) is 3. The van der Waals surface area contributed by atoms with E-state index in [0.29, 0.717) is 5.56 Å². The van der Waals surface area contributed by atoms with Gasteiger partial charge >= 0.3 is 0 Å². The zero-order valence-corrected chi connectivity index (χ0v) is 16.4. The molecule has 3 aromatic carbocycles. The minimum atomic E-state index is -4.01. The second kappa shape index (κ2) is 7.55. The van der Waals surface area contributed by atoms with Crippen molar-refractivity contribution in [2.75, 3.05) is 0 Å². The van der Waals surface area contributed by atoms with Crippen LogP contribution in [0.1, 0.15) is 21.5 Å². The summed E-state index contributed by atoms with van der Waals surface area (Å²) >= 11 is 6.25. The summed E-state index contributed by atoms with van der Waals surface area (Å²) in [5.41, 5.74) is 3.47. The summed E-state index contributed by atoms with van der Waals surface area (Å²) in [5, 5.41) is 0.185. The SMILES string of the molecule is Cc1ccc(-c2cccc(Cl)c2C(=O)NS(=O)(=O)c2ccc(C)cc2)cc1. The maximum atomic E-state index is 12.8. The fourth-order valence-electron chi connectivity index (χ4n) is 2.68. The molecule has 0 unspecified atom stereocenters. The molecule has 3 rings (SSSR count). The predicted molar refractivity (Wildman–Crippen MR) is 107 cm³/mol. The topological polar surface area (TPSA) is 63.2 Å². The van der Waals surface area contributed by atoms with E-state index in [1.807, 2.05) is 38.1 Å². The summed E-state index contributed by atoms with van der Waals surface area (Å²) < 4.78 is 27.2. The maximum Gasteiger partial charge on any atom is 0.267 e. The highest BCUT2D eigenvalue weighted by atomic mass is 35.5. The fourth-order valence-corrected chi connectivity index (χ4v) is 3.90. The standard InChI is InChI=1S/C21H18ClNO3S/c1-14-6-10-16(11-7-14)18-4-3-5-19(22)20(18)21(24)23-27(25,26)17-12-8-15(2)9-13-17/h3-13H,1-2H3,(H,23,24). The Balaban J connectivity index is 2.00. The minimum Gasteiger partial charge on any atom is -0.268 e. The van der Waals surface area contributed by atoms with E-state index in [-0.39, 0.29) is 15.5 Å². The monoisotopic (exact) mass is 399 g/mol. The van der Waals surface area contributed by atoms with E-state index in [9.17, 15) is 13.2 Å². The second-order valence-corrected chi connectivity index (χ2v) is 8.37. The molecule has 4 nitrogen and oxygen atoms in total. The summed E-state index contributed by atoms with van der Waals surface area (Å²) in [6.07, 6.45) is 0. The predicted octanol–water partition coefficient (Wildman–Crippen LogP) is 4.74. The lowest BCUT2D eigenvalue weighted by Crippen LogP contribution is -2.31. The van der Waals surface area contributed by atoms with Gasteiger partial charge in [-0.2, -0.15) is 0 Å². The molecule has 6 heteroatoms. The molecule has 1 N–H and O–H groups in total. The number of hydrogen-bond donors (Lipinski definition) is 1. The highest BCUT2D eigenvalue weighted by Gasteiger charge is 2.23. The molecule has 0 saturated heterocycles. The second-order valence-electron chi connectivity index (χ2n) is 6.28. The Hall–Kier alpha value is -2.63. The molecular formula is C21H18ClNO3S. The smallest absolute Gasteiger partial charge is 0.267 e. The third-order valence-electron chi connectivity index (χ3n) is 4.16. The van der Waals surface area contributed by atoms with E-state index in [1.165, 1.54) is 12.1 Å². The number of aryl methyl sites for hydroxylation is 2. The lowest BCUT2D eigenvalue weighted by atomic mass is 9.98. The molecule has 3 aromatic rings. The number of benzene rings is 3. The highest BCUT2D eigenvalue weighted by Crippen LogP contribution is 2.29. The third kappa shape index (κ3) is 4.21. The molecule has 0 fully saturated rings. The molecule has 27 heavy (non-hydrogen) atoms. The summed E-state index contributed by atoms with van der Waals surface area (Å²) in [7, 11) is -4.01. The van der Waals surface area contributed by atoms with Gasteiger partial charge in [-0.3, -0.25) is 4.79 Å². The van der Waals surface area contributed by atoms with E-state index in [1.54, 1.807) is 30.3 Å². The molecule has 0 saturated carbocycles. The van der Waals surface area contributed by atoms with Gasteiger partial charge in [0.15, 0.2) is 0 Å². The molecule has 0 aliphatic rings. The first kappa shape index (κ1) is 19.1. The Kier molecular flexibility index (Phi) is 5.35. The molecule has 0 spiro atoms. The quantitative estimate of drug-likeness (QED) is 0.689. The van der Waals surface area contributed by atoms with Gasteiger partial charge in [0.2, 0.25) is 0 Å². The molecule has 0 aromatic heterocycles. The molecule has 1 amide bonds. The fraction of sp³-hybridized carbons (Fsp3) is 0.0952. The van der Waals surface area contributed by atoms with Gasteiger partial charge in [0.25, 0.3) is 15.9 Å². The lowest BCUT2D eigenvalue weighted by Gasteiger charge is -2.13. The van der Waals surface area contributed by atoms with Gasteiger partial charge in [0.05, 0.1) is 15.5 Å². The molecule has 0 radical (unpaired) electrons. The molecular weight excluding hydrogens is 382 g/mol. The molecule has 0 atom stereocenters. The van der Waals surface area contributed by atoms with Gasteiger partial charge in [0, 0.05) is 0 Å². The van der Waals surface area contributed by atoms with Crippen molar-refractivity contribution in [3.05, 3.63) is 88.4 Å². The summed E-state index contributed by atoms with van der Waals surface area (Å²) in [6, 6.07) is 18.9. The van der Waals surface area contributed by atoms with E-state index in [4.69, 9.17) is 11.6 Å². The van der Waals surface area contributed by atoms with E-state index in [0.717, 1.165) is 16.7 Å². The van der Waals surface area contributed by atoms with Crippen molar-refractivity contribution in [1.29, 1.82) is 0 Å². The van der Waals surface area contributed by atoms with Crippen LogP contribution in [0.2, 0.25) is 5.02 Å². The first-order chi connectivity index (χ1) is 12.8. The van der Waals surface area contributed by atoms with Crippen LogP contribution < -0.4 is 4.72 Å². The molecule has 0 aliphatic carbocycles. The number of rotatable bonds is 4. The Labute approximate surface area is 163 Å². The Morgan fingerprint density at radius 3 is 2.00 bits per heavy atom. The van der Waals surface area contributed by atoms with Crippen molar-refractivity contribution in [3.8, 4) is 11.1 Å². The summed E-state index contributed by atoms with van der Waals surface area (Å²) in [6.45, 7) is 3.82. The van der Waals surface area contributed by atoms with E-state index in [2.05, 4.69) is 4.72 Å². The Morgan fingerprint density at radius 2 is 1.41 bits per heavy atom. The first-order valence-electron chi connectivity index (χ1n) is 8.27. The van der Waals surface area contributed by atoms with Crippen LogP contribution in [0.3, 0.4) is 0 Å². The summed E-state index contributed by atoms with van der Waals surface area (Å²) in [4.78, 5) is 12.8. The van der Waals surface area contributed by atoms with Gasteiger partial charge < -0.3 is 0 Å². The van der Waals surface area contributed by atoms with Crippen molar-refractivity contribution < 1.29 is 13.2 Å². The molecule has 0 aliphatic heterocycles. The van der Waals surface area contributed by atoms with Crippen LogP contribution in [0.25, 0.3) is 11.1 Å². The van der Waals surface area contributed by atoms with Crippen LogP contribution in [0.5, 0.6) is 0 Å². The summed E-state index contributed by atoms with van der Waals surface area (Å²) in [5.74, 6) is -0.767. The van der Waals surface area contributed by atoms with Crippen LogP contribution in [0.15, 0.2) is 71.6 Å².